The van der Waals surface area contributed by atoms with Gasteiger partial charge in [0.1, 0.15) is 12.1 Å². The van der Waals surface area contributed by atoms with Crippen molar-refractivity contribution in [2.24, 2.45) is 0 Å². The molecule has 0 bridgehead atoms. The molecule has 0 spiro atoms. The second-order valence-corrected chi connectivity index (χ2v) is 4.90. The zero-order valence-corrected chi connectivity index (χ0v) is 12.1. The molecule has 0 heterocycles. The SMILES string of the molecule is CN(C)c1ccc(CNc2ccc(C#N)c(C#N)c2)cc1. The second-order valence-electron chi connectivity index (χ2n) is 4.90. The molecule has 0 aliphatic heterocycles. The van der Waals surface area contributed by atoms with Gasteiger partial charge in [-0.05, 0) is 35.9 Å². The first-order valence-corrected chi connectivity index (χ1v) is 6.58. The quantitative estimate of drug-likeness (QED) is 0.932. The third-order valence-electron chi connectivity index (χ3n) is 3.21. The van der Waals surface area contributed by atoms with Gasteiger partial charge in [0.05, 0.1) is 11.1 Å². The summed E-state index contributed by atoms with van der Waals surface area (Å²) in [5.74, 6) is 0. The molecular weight excluding hydrogens is 260 g/mol. The Kier molecular flexibility index (Phi) is 4.43. The highest BCUT2D eigenvalue weighted by molar-refractivity contribution is 5.56. The molecular formula is C17H16N4. The van der Waals surface area contributed by atoms with Crippen molar-refractivity contribution < 1.29 is 0 Å². The Labute approximate surface area is 124 Å². The molecule has 0 unspecified atom stereocenters. The number of rotatable bonds is 4. The Bertz CT molecular complexity index is 703. The van der Waals surface area contributed by atoms with Crippen molar-refractivity contribution in [3.63, 3.8) is 0 Å². The Hall–Kier alpha value is -2.98. The van der Waals surface area contributed by atoms with Gasteiger partial charge in [0.15, 0.2) is 0 Å². The normalized spacial score (nSPS) is 9.52. The number of benzene rings is 2. The zero-order chi connectivity index (χ0) is 15.2. The number of nitriles is 2. The average molecular weight is 276 g/mol. The Balaban J connectivity index is 2.06. The highest BCUT2D eigenvalue weighted by Gasteiger charge is 2.03. The monoisotopic (exact) mass is 276 g/mol. The number of nitrogens with zero attached hydrogens (tertiary/aromatic N) is 3. The predicted octanol–water partition coefficient (Wildman–Crippen LogP) is 3.11. The lowest BCUT2D eigenvalue weighted by atomic mass is 10.1. The van der Waals surface area contributed by atoms with Gasteiger partial charge in [0, 0.05) is 32.0 Å². The van der Waals surface area contributed by atoms with E-state index in [1.165, 1.54) is 0 Å². The maximum Gasteiger partial charge on any atom is 0.101 e. The molecule has 104 valence electrons. The first-order chi connectivity index (χ1) is 10.1. The van der Waals surface area contributed by atoms with Crippen molar-refractivity contribution in [2.45, 2.75) is 6.54 Å². The van der Waals surface area contributed by atoms with Gasteiger partial charge in [-0.15, -0.1) is 0 Å². The minimum absolute atomic E-state index is 0.394. The van der Waals surface area contributed by atoms with Crippen LogP contribution in [0.15, 0.2) is 42.5 Å². The lowest BCUT2D eigenvalue weighted by Crippen LogP contribution is -2.08. The minimum atomic E-state index is 0.394. The van der Waals surface area contributed by atoms with Crippen LogP contribution in [0.2, 0.25) is 0 Å². The summed E-state index contributed by atoms with van der Waals surface area (Å²) in [6, 6.07) is 17.5. The molecule has 0 aromatic heterocycles. The van der Waals surface area contributed by atoms with Crippen molar-refractivity contribution in [3.05, 3.63) is 59.2 Å². The second kappa shape index (κ2) is 6.45. The standard InChI is InChI=1S/C17H16N4/c1-21(2)17-7-3-13(4-8-17)12-20-16-6-5-14(10-18)15(9-16)11-19/h3-9,20H,12H2,1-2H3. The molecule has 0 aliphatic carbocycles. The lowest BCUT2D eigenvalue weighted by Gasteiger charge is -2.13. The summed E-state index contributed by atoms with van der Waals surface area (Å²) in [5, 5.41) is 21.2. The fourth-order valence-corrected chi connectivity index (χ4v) is 1.96. The molecule has 0 atom stereocenters. The maximum absolute atomic E-state index is 9.01. The van der Waals surface area contributed by atoms with Crippen LogP contribution in [0.1, 0.15) is 16.7 Å². The van der Waals surface area contributed by atoms with Gasteiger partial charge in [0.2, 0.25) is 0 Å². The van der Waals surface area contributed by atoms with Crippen molar-refractivity contribution in [1.82, 2.24) is 0 Å². The molecule has 2 rings (SSSR count). The fourth-order valence-electron chi connectivity index (χ4n) is 1.96. The van der Waals surface area contributed by atoms with Crippen LogP contribution in [-0.2, 0) is 6.54 Å². The molecule has 2 aromatic carbocycles. The van der Waals surface area contributed by atoms with E-state index in [-0.39, 0.29) is 0 Å². The number of hydrogen-bond acceptors (Lipinski definition) is 4. The third kappa shape index (κ3) is 3.52. The van der Waals surface area contributed by atoms with Crippen LogP contribution >= 0.6 is 0 Å². The van der Waals surface area contributed by atoms with Crippen LogP contribution in [0.3, 0.4) is 0 Å². The van der Waals surface area contributed by atoms with Gasteiger partial charge < -0.3 is 10.2 Å². The van der Waals surface area contributed by atoms with E-state index in [1.54, 1.807) is 12.1 Å². The van der Waals surface area contributed by atoms with Crippen LogP contribution in [0, 0.1) is 22.7 Å². The van der Waals surface area contributed by atoms with Crippen LogP contribution < -0.4 is 10.2 Å². The molecule has 0 saturated carbocycles. The summed E-state index contributed by atoms with van der Waals surface area (Å²) < 4.78 is 0. The van der Waals surface area contributed by atoms with Crippen molar-refractivity contribution in [3.8, 4) is 12.1 Å². The summed E-state index contributed by atoms with van der Waals surface area (Å²) in [7, 11) is 4.01. The Morgan fingerprint density at radius 3 is 2.19 bits per heavy atom. The van der Waals surface area contributed by atoms with E-state index in [0.717, 1.165) is 16.9 Å². The molecule has 2 aromatic rings. The summed E-state index contributed by atoms with van der Waals surface area (Å²) in [5.41, 5.74) is 3.94. The molecule has 1 N–H and O–H groups in total. The van der Waals surface area contributed by atoms with Crippen LogP contribution in [0.4, 0.5) is 11.4 Å². The smallest absolute Gasteiger partial charge is 0.101 e. The zero-order valence-electron chi connectivity index (χ0n) is 12.1. The van der Waals surface area contributed by atoms with E-state index in [9.17, 15) is 0 Å². The van der Waals surface area contributed by atoms with Gasteiger partial charge in [-0.1, -0.05) is 12.1 Å². The predicted molar refractivity (Wildman–Crippen MR) is 84.0 cm³/mol. The highest BCUT2D eigenvalue weighted by Crippen LogP contribution is 2.17. The largest absolute Gasteiger partial charge is 0.381 e. The summed E-state index contributed by atoms with van der Waals surface area (Å²) in [4.78, 5) is 2.05. The van der Waals surface area contributed by atoms with E-state index >= 15 is 0 Å². The van der Waals surface area contributed by atoms with Crippen molar-refractivity contribution >= 4 is 11.4 Å². The number of hydrogen-bond donors (Lipinski definition) is 1. The van der Waals surface area contributed by atoms with Gasteiger partial charge in [-0.25, -0.2) is 0 Å². The highest BCUT2D eigenvalue weighted by atomic mass is 15.1. The first kappa shape index (κ1) is 14.4. The Morgan fingerprint density at radius 1 is 0.952 bits per heavy atom. The number of anilines is 2. The van der Waals surface area contributed by atoms with Gasteiger partial charge >= 0.3 is 0 Å². The molecule has 0 amide bonds. The molecule has 21 heavy (non-hydrogen) atoms. The molecule has 0 saturated heterocycles. The summed E-state index contributed by atoms with van der Waals surface area (Å²) in [6.07, 6.45) is 0. The van der Waals surface area contributed by atoms with E-state index in [2.05, 4.69) is 34.5 Å². The van der Waals surface area contributed by atoms with Crippen LogP contribution in [-0.4, -0.2) is 14.1 Å². The van der Waals surface area contributed by atoms with E-state index in [1.807, 2.05) is 32.3 Å². The summed E-state index contributed by atoms with van der Waals surface area (Å²) >= 11 is 0. The minimum Gasteiger partial charge on any atom is -0.381 e. The van der Waals surface area contributed by atoms with Crippen LogP contribution in [0.25, 0.3) is 0 Å². The topological polar surface area (TPSA) is 62.9 Å². The van der Waals surface area contributed by atoms with Gasteiger partial charge in [-0.3, -0.25) is 0 Å². The van der Waals surface area contributed by atoms with Gasteiger partial charge in [-0.2, -0.15) is 10.5 Å². The molecule has 4 heteroatoms. The van der Waals surface area contributed by atoms with Gasteiger partial charge in [0.25, 0.3) is 0 Å². The molecule has 4 nitrogen and oxygen atoms in total. The Morgan fingerprint density at radius 2 is 1.62 bits per heavy atom. The maximum atomic E-state index is 9.01. The van der Waals surface area contributed by atoms with Crippen molar-refractivity contribution in [1.29, 1.82) is 10.5 Å². The fraction of sp³-hybridized carbons (Fsp3) is 0.176. The van der Waals surface area contributed by atoms with Crippen LogP contribution in [0.5, 0.6) is 0 Å². The average Bonchev–Trinajstić information content (AvgIpc) is 2.52. The van der Waals surface area contributed by atoms with E-state index < -0.39 is 0 Å². The lowest BCUT2D eigenvalue weighted by molar-refractivity contribution is 1.11. The van der Waals surface area contributed by atoms with E-state index in [0.29, 0.717) is 17.7 Å². The third-order valence-corrected chi connectivity index (χ3v) is 3.21. The first-order valence-electron chi connectivity index (χ1n) is 6.58. The molecule has 0 fully saturated rings. The summed E-state index contributed by atoms with van der Waals surface area (Å²) in [6.45, 7) is 0.671. The van der Waals surface area contributed by atoms with E-state index in [4.69, 9.17) is 10.5 Å². The molecule has 0 aliphatic rings. The van der Waals surface area contributed by atoms with Crippen molar-refractivity contribution in [2.75, 3.05) is 24.3 Å². The molecule has 0 radical (unpaired) electrons. The number of nitrogens with one attached hydrogen (secondary N) is 1.